The average molecular weight is 493 g/mol. The van der Waals surface area contributed by atoms with Crippen LogP contribution < -0.4 is 15.4 Å². The summed E-state index contributed by atoms with van der Waals surface area (Å²) in [4.78, 5) is 12.3. The standard InChI is InChI=1S/C28H48N2O3S/c1-3-5-6-7-8-9-10-11-12-13-14-15-16-17-22-29-28(34)30-27(31)25-18-20-26(21-19-25)33-24-23-32-4-2/h18-21H,3-17,22-24H2,1-2H3,(H2,29,30,31,34). The molecule has 6 heteroatoms. The molecule has 0 aromatic heterocycles. The first-order valence-corrected chi connectivity index (χ1v) is 14.0. The lowest BCUT2D eigenvalue weighted by Gasteiger charge is -2.10. The molecule has 1 aromatic rings. The Kier molecular flexibility index (Phi) is 19.5. The van der Waals surface area contributed by atoms with Crippen LogP contribution in [0.2, 0.25) is 0 Å². The third-order valence-corrected chi connectivity index (χ3v) is 6.11. The van der Waals surface area contributed by atoms with Gasteiger partial charge in [-0.1, -0.05) is 90.4 Å². The van der Waals surface area contributed by atoms with Crippen molar-refractivity contribution < 1.29 is 14.3 Å². The third-order valence-electron chi connectivity index (χ3n) is 5.86. The van der Waals surface area contributed by atoms with E-state index in [0.29, 0.717) is 30.5 Å². The van der Waals surface area contributed by atoms with Crippen molar-refractivity contribution in [3.8, 4) is 5.75 Å². The molecule has 0 aliphatic heterocycles. The van der Waals surface area contributed by atoms with Crippen LogP contribution >= 0.6 is 12.2 Å². The van der Waals surface area contributed by atoms with Gasteiger partial charge in [-0.15, -0.1) is 0 Å². The van der Waals surface area contributed by atoms with Crippen LogP contribution in [0, 0.1) is 0 Å². The highest BCUT2D eigenvalue weighted by Crippen LogP contribution is 2.13. The maximum absolute atomic E-state index is 12.3. The molecule has 5 nitrogen and oxygen atoms in total. The van der Waals surface area contributed by atoms with E-state index < -0.39 is 0 Å². The molecule has 0 saturated carbocycles. The highest BCUT2D eigenvalue weighted by atomic mass is 32.1. The zero-order valence-corrected chi connectivity index (χ0v) is 22.5. The molecule has 194 valence electrons. The van der Waals surface area contributed by atoms with E-state index >= 15 is 0 Å². The quantitative estimate of drug-likeness (QED) is 0.140. The van der Waals surface area contributed by atoms with Crippen LogP contribution in [0.4, 0.5) is 0 Å². The van der Waals surface area contributed by atoms with Gasteiger partial charge in [0.1, 0.15) is 12.4 Å². The second kappa shape index (κ2) is 21.8. The minimum atomic E-state index is -0.209. The summed E-state index contributed by atoms with van der Waals surface area (Å²) in [6.45, 7) is 6.74. The maximum Gasteiger partial charge on any atom is 0.257 e. The molecular weight excluding hydrogens is 444 g/mol. The summed E-state index contributed by atoms with van der Waals surface area (Å²) in [6, 6.07) is 7.04. The molecule has 1 rings (SSSR count). The van der Waals surface area contributed by atoms with Gasteiger partial charge in [-0.3, -0.25) is 10.1 Å². The van der Waals surface area contributed by atoms with E-state index in [1.807, 2.05) is 6.92 Å². The van der Waals surface area contributed by atoms with E-state index in [2.05, 4.69) is 17.6 Å². The van der Waals surface area contributed by atoms with Crippen molar-refractivity contribution >= 4 is 23.2 Å². The Morgan fingerprint density at radius 2 is 1.29 bits per heavy atom. The fraction of sp³-hybridized carbons (Fsp3) is 0.714. The monoisotopic (exact) mass is 492 g/mol. The van der Waals surface area contributed by atoms with Crippen LogP contribution in [-0.2, 0) is 4.74 Å². The first-order valence-electron chi connectivity index (χ1n) is 13.6. The van der Waals surface area contributed by atoms with Crippen LogP contribution in [0.25, 0.3) is 0 Å². The van der Waals surface area contributed by atoms with E-state index in [9.17, 15) is 4.79 Å². The first kappa shape index (κ1) is 30.4. The van der Waals surface area contributed by atoms with Crippen molar-refractivity contribution in [2.45, 2.75) is 104 Å². The predicted molar refractivity (Wildman–Crippen MR) is 147 cm³/mol. The Morgan fingerprint density at radius 3 is 1.82 bits per heavy atom. The molecule has 0 fully saturated rings. The largest absolute Gasteiger partial charge is 0.491 e. The smallest absolute Gasteiger partial charge is 0.257 e. The number of carbonyl (C=O) groups excluding carboxylic acids is 1. The van der Waals surface area contributed by atoms with Crippen molar-refractivity contribution in [2.75, 3.05) is 26.4 Å². The molecule has 34 heavy (non-hydrogen) atoms. The Hall–Kier alpha value is -1.66. The van der Waals surface area contributed by atoms with Gasteiger partial charge < -0.3 is 14.8 Å². The Balaban J connectivity index is 1.97. The third kappa shape index (κ3) is 16.9. The highest BCUT2D eigenvalue weighted by Gasteiger charge is 2.08. The summed E-state index contributed by atoms with van der Waals surface area (Å²) < 4.78 is 10.8. The second-order valence-corrected chi connectivity index (χ2v) is 9.28. The van der Waals surface area contributed by atoms with Crippen LogP contribution in [0.1, 0.15) is 114 Å². The first-order chi connectivity index (χ1) is 16.7. The van der Waals surface area contributed by atoms with Crippen LogP contribution in [0.5, 0.6) is 5.75 Å². The minimum Gasteiger partial charge on any atom is -0.491 e. The molecule has 1 aromatic carbocycles. The van der Waals surface area contributed by atoms with Crippen LogP contribution in [0.3, 0.4) is 0 Å². The summed E-state index contributed by atoms with van der Waals surface area (Å²) in [5.41, 5.74) is 0.554. The average Bonchev–Trinajstić information content (AvgIpc) is 2.84. The molecule has 0 spiro atoms. The van der Waals surface area contributed by atoms with Gasteiger partial charge in [0.2, 0.25) is 0 Å². The molecule has 0 radical (unpaired) electrons. The number of amides is 1. The molecule has 0 unspecified atom stereocenters. The number of hydrogen-bond acceptors (Lipinski definition) is 4. The number of benzene rings is 1. The molecule has 0 saturated heterocycles. The lowest BCUT2D eigenvalue weighted by atomic mass is 10.0. The van der Waals surface area contributed by atoms with Gasteiger partial charge in [0, 0.05) is 18.7 Å². The number of nitrogens with one attached hydrogen (secondary N) is 2. The van der Waals surface area contributed by atoms with Crippen molar-refractivity contribution in [3.05, 3.63) is 29.8 Å². The van der Waals surface area contributed by atoms with Gasteiger partial charge in [0.05, 0.1) is 6.61 Å². The van der Waals surface area contributed by atoms with Crippen molar-refractivity contribution in [3.63, 3.8) is 0 Å². The minimum absolute atomic E-state index is 0.209. The Labute approximate surface area is 213 Å². The predicted octanol–water partition coefficient (Wildman–Crippen LogP) is 7.19. The molecule has 1 amide bonds. The van der Waals surface area contributed by atoms with Gasteiger partial charge in [-0.2, -0.15) is 0 Å². The van der Waals surface area contributed by atoms with E-state index in [0.717, 1.165) is 18.7 Å². The number of rotatable bonds is 21. The number of hydrogen-bond donors (Lipinski definition) is 2. The molecule has 0 aliphatic carbocycles. The number of carbonyl (C=O) groups is 1. The second-order valence-electron chi connectivity index (χ2n) is 8.88. The van der Waals surface area contributed by atoms with Crippen molar-refractivity contribution in [1.29, 1.82) is 0 Å². The van der Waals surface area contributed by atoms with Crippen molar-refractivity contribution in [2.24, 2.45) is 0 Å². The van der Waals surface area contributed by atoms with Gasteiger partial charge in [0.25, 0.3) is 5.91 Å². The number of unbranched alkanes of at least 4 members (excludes halogenated alkanes) is 13. The lowest BCUT2D eigenvalue weighted by molar-refractivity contribution is 0.0976. The molecule has 2 N–H and O–H groups in total. The van der Waals surface area contributed by atoms with Crippen LogP contribution in [-0.4, -0.2) is 37.4 Å². The van der Waals surface area contributed by atoms with Crippen LogP contribution in [0.15, 0.2) is 24.3 Å². The zero-order chi connectivity index (χ0) is 24.7. The van der Waals surface area contributed by atoms with E-state index in [4.69, 9.17) is 21.7 Å². The van der Waals surface area contributed by atoms with Gasteiger partial charge in [-0.25, -0.2) is 0 Å². The number of ether oxygens (including phenoxy) is 2. The molecule has 0 bridgehead atoms. The van der Waals surface area contributed by atoms with Gasteiger partial charge in [0.15, 0.2) is 5.11 Å². The fourth-order valence-corrected chi connectivity index (χ4v) is 4.00. The Bertz CT molecular complexity index is 637. The number of thiocarbonyl (C=S) groups is 1. The molecule has 0 heterocycles. The topological polar surface area (TPSA) is 59.6 Å². The highest BCUT2D eigenvalue weighted by molar-refractivity contribution is 7.80. The summed E-state index contributed by atoms with van der Waals surface area (Å²) in [5, 5.41) is 6.27. The normalized spacial score (nSPS) is 10.8. The summed E-state index contributed by atoms with van der Waals surface area (Å²) in [7, 11) is 0. The molecular formula is C28H48N2O3S. The van der Waals surface area contributed by atoms with Gasteiger partial charge in [-0.05, 0) is 49.8 Å². The van der Waals surface area contributed by atoms with E-state index in [1.165, 1.54) is 83.5 Å². The molecule has 0 aliphatic rings. The summed E-state index contributed by atoms with van der Waals surface area (Å²) in [6.07, 6.45) is 18.8. The van der Waals surface area contributed by atoms with Gasteiger partial charge >= 0.3 is 0 Å². The summed E-state index contributed by atoms with van der Waals surface area (Å²) in [5.74, 6) is 0.508. The van der Waals surface area contributed by atoms with E-state index in [1.54, 1.807) is 24.3 Å². The SMILES string of the molecule is CCCCCCCCCCCCCCCCNC(=S)NC(=O)c1ccc(OCCOCC)cc1. The maximum atomic E-state index is 12.3. The van der Waals surface area contributed by atoms with Crippen molar-refractivity contribution in [1.82, 2.24) is 10.6 Å². The molecule has 0 atom stereocenters. The fourth-order valence-electron chi connectivity index (χ4n) is 3.81. The van der Waals surface area contributed by atoms with E-state index in [-0.39, 0.29) is 5.91 Å². The Morgan fingerprint density at radius 1 is 0.765 bits per heavy atom. The lowest BCUT2D eigenvalue weighted by Crippen LogP contribution is -2.39. The summed E-state index contributed by atoms with van der Waals surface area (Å²) >= 11 is 5.26. The zero-order valence-electron chi connectivity index (χ0n) is 21.7.